The van der Waals surface area contributed by atoms with Gasteiger partial charge in [-0.05, 0) is 42.2 Å². The number of hydrogen-bond donors (Lipinski definition) is 1. The minimum Gasteiger partial charge on any atom is -0.465 e. The summed E-state index contributed by atoms with van der Waals surface area (Å²) in [6, 6.07) is 24.1. The quantitative estimate of drug-likeness (QED) is 0.482. The monoisotopic (exact) mass is 472 g/mol. The summed E-state index contributed by atoms with van der Waals surface area (Å²) in [5.41, 5.74) is 2.39. The first-order chi connectivity index (χ1) is 17.0. The smallest absolute Gasteiger partial charge is 0.407 e. The van der Waals surface area contributed by atoms with Crippen LogP contribution in [-0.4, -0.2) is 58.9 Å². The molecule has 0 aromatic heterocycles. The molecule has 0 aliphatic carbocycles. The van der Waals surface area contributed by atoms with E-state index in [9.17, 15) is 19.5 Å². The molecule has 1 aliphatic heterocycles. The van der Waals surface area contributed by atoms with Crippen molar-refractivity contribution < 1.29 is 24.2 Å². The number of hydrogen-bond acceptors (Lipinski definition) is 4. The van der Waals surface area contributed by atoms with Crippen LogP contribution in [0.2, 0.25) is 0 Å². The van der Waals surface area contributed by atoms with E-state index in [2.05, 4.69) is 0 Å². The average Bonchev–Trinajstić information content (AvgIpc) is 2.89. The predicted molar refractivity (Wildman–Crippen MR) is 132 cm³/mol. The van der Waals surface area contributed by atoms with Gasteiger partial charge in [-0.15, -0.1) is 0 Å². The van der Waals surface area contributed by atoms with Crippen LogP contribution in [0.15, 0.2) is 78.9 Å². The van der Waals surface area contributed by atoms with Gasteiger partial charge in [0.1, 0.15) is 11.5 Å². The topological polar surface area (TPSA) is 87.2 Å². The van der Waals surface area contributed by atoms with Gasteiger partial charge in [0.15, 0.2) is 6.29 Å². The van der Waals surface area contributed by atoms with Gasteiger partial charge >= 0.3 is 6.09 Å². The first kappa shape index (κ1) is 24.0. The summed E-state index contributed by atoms with van der Waals surface area (Å²) in [5, 5.41) is 9.47. The van der Waals surface area contributed by atoms with Gasteiger partial charge in [-0.1, -0.05) is 60.7 Å². The molecule has 3 aromatic carbocycles. The zero-order valence-electron chi connectivity index (χ0n) is 19.4. The molecule has 1 heterocycles. The predicted octanol–water partition coefficient (Wildman–Crippen LogP) is 4.66. The number of carboxylic acid groups (broad SMARTS) is 1. The lowest BCUT2D eigenvalue weighted by Gasteiger charge is -2.40. The minimum absolute atomic E-state index is 0.0148. The Morgan fingerprint density at radius 1 is 0.914 bits per heavy atom. The van der Waals surface area contributed by atoms with E-state index in [-0.39, 0.29) is 24.9 Å². The largest absolute Gasteiger partial charge is 0.465 e. The lowest BCUT2D eigenvalue weighted by Crippen LogP contribution is -2.57. The highest BCUT2D eigenvalue weighted by molar-refractivity contribution is 5.79. The van der Waals surface area contributed by atoms with E-state index in [1.165, 1.54) is 4.90 Å². The fraction of sp³-hybridized carbons (Fsp3) is 0.250. The Hall–Kier alpha value is -4.13. The van der Waals surface area contributed by atoms with Crippen LogP contribution in [0.25, 0.3) is 0 Å². The number of rotatable bonds is 8. The fourth-order valence-electron chi connectivity index (χ4n) is 4.40. The molecule has 1 fully saturated rings. The van der Waals surface area contributed by atoms with Crippen molar-refractivity contribution >= 4 is 18.3 Å². The number of nitrogens with zero attached hydrogens (tertiary/aromatic N) is 2. The highest BCUT2D eigenvalue weighted by Crippen LogP contribution is 2.28. The van der Waals surface area contributed by atoms with E-state index < -0.39 is 6.09 Å². The normalized spacial score (nSPS) is 15.5. The van der Waals surface area contributed by atoms with Crippen LogP contribution in [0, 0.1) is 0 Å². The van der Waals surface area contributed by atoms with Crippen molar-refractivity contribution in [2.24, 2.45) is 0 Å². The first-order valence-corrected chi connectivity index (χ1v) is 11.7. The Labute approximate surface area is 204 Å². The number of piperazine rings is 1. The summed E-state index contributed by atoms with van der Waals surface area (Å²) >= 11 is 0. The van der Waals surface area contributed by atoms with Crippen molar-refractivity contribution in [2.75, 3.05) is 19.6 Å². The summed E-state index contributed by atoms with van der Waals surface area (Å²) in [6.45, 7) is 0.959. The van der Waals surface area contributed by atoms with Gasteiger partial charge in [0.25, 0.3) is 0 Å². The molecule has 180 valence electrons. The molecule has 0 radical (unpaired) electrons. The molecule has 1 saturated heterocycles. The van der Waals surface area contributed by atoms with Crippen molar-refractivity contribution in [3.05, 3.63) is 95.6 Å². The second kappa shape index (κ2) is 11.3. The number of aldehydes is 1. The number of carbonyl (C=O) groups excluding carboxylic acids is 2. The van der Waals surface area contributed by atoms with E-state index in [0.717, 1.165) is 17.4 Å². The molecule has 7 heteroatoms. The second-order valence-corrected chi connectivity index (χ2v) is 8.52. The molecular weight excluding hydrogens is 444 g/mol. The van der Waals surface area contributed by atoms with Gasteiger partial charge in [-0.25, -0.2) is 4.79 Å². The van der Waals surface area contributed by atoms with Crippen LogP contribution in [-0.2, 0) is 17.6 Å². The molecule has 35 heavy (non-hydrogen) atoms. The molecular formula is C28H28N2O5. The Balaban J connectivity index is 1.46. The lowest BCUT2D eigenvalue weighted by molar-refractivity contribution is -0.135. The third kappa shape index (κ3) is 6.06. The van der Waals surface area contributed by atoms with Crippen LogP contribution < -0.4 is 4.74 Å². The molecule has 2 amide bonds. The molecule has 1 aliphatic rings. The summed E-state index contributed by atoms with van der Waals surface area (Å²) < 4.78 is 6.02. The van der Waals surface area contributed by atoms with Crippen LogP contribution in [0.1, 0.15) is 27.9 Å². The standard InChI is InChI=1S/C28H28N2O5/c31-20-23-11-5-7-13-26(23)35-25-12-6-4-10-22(25)14-15-27(32)30-17-16-29(28(33)34)19-24(30)18-21-8-2-1-3-9-21/h1-13,20,24H,14-19H2,(H,33,34). The maximum atomic E-state index is 13.3. The molecule has 1 N–H and O–H groups in total. The van der Waals surface area contributed by atoms with Gasteiger partial charge in [0.2, 0.25) is 5.91 Å². The van der Waals surface area contributed by atoms with E-state index in [1.54, 1.807) is 24.3 Å². The zero-order chi connectivity index (χ0) is 24.6. The highest BCUT2D eigenvalue weighted by Gasteiger charge is 2.32. The number of carbonyl (C=O) groups is 3. The van der Waals surface area contributed by atoms with Crippen molar-refractivity contribution in [3.8, 4) is 11.5 Å². The van der Waals surface area contributed by atoms with Gasteiger partial charge in [-0.3, -0.25) is 9.59 Å². The second-order valence-electron chi connectivity index (χ2n) is 8.52. The number of ether oxygens (including phenoxy) is 1. The Morgan fingerprint density at radius 2 is 1.60 bits per heavy atom. The summed E-state index contributed by atoms with van der Waals surface area (Å²) in [7, 11) is 0. The molecule has 1 atom stereocenters. The number of benzene rings is 3. The van der Waals surface area contributed by atoms with Crippen LogP contribution in [0.5, 0.6) is 11.5 Å². The van der Waals surface area contributed by atoms with E-state index >= 15 is 0 Å². The lowest BCUT2D eigenvalue weighted by atomic mass is 10.0. The molecule has 0 saturated carbocycles. The van der Waals surface area contributed by atoms with Crippen molar-refractivity contribution in [1.82, 2.24) is 9.80 Å². The van der Waals surface area contributed by atoms with Crippen molar-refractivity contribution in [3.63, 3.8) is 0 Å². The zero-order valence-corrected chi connectivity index (χ0v) is 19.4. The van der Waals surface area contributed by atoms with Crippen LogP contribution >= 0.6 is 0 Å². The molecule has 4 rings (SSSR count). The highest BCUT2D eigenvalue weighted by atomic mass is 16.5. The van der Waals surface area contributed by atoms with Crippen molar-refractivity contribution in [2.45, 2.75) is 25.3 Å². The molecule has 1 unspecified atom stereocenters. The van der Waals surface area contributed by atoms with Gasteiger partial charge in [0, 0.05) is 26.1 Å². The van der Waals surface area contributed by atoms with Crippen molar-refractivity contribution in [1.29, 1.82) is 0 Å². The van der Waals surface area contributed by atoms with Gasteiger partial charge < -0.3 is 19.6 Å². The van der Waals surface area contributed by atoms with E-state index in [4.69, 9.17) is 4.74 Å². The maximum Gasteiger partial charge on any atom is 0.407 e. The van der Waals surface area contributed by atoms with E-state index in [0.29, 0.717) is 43.0 Å². The summed E-state index contributed by atoms with van der Waals surface area (Å²) in [5.74, 6) is 1.05. The van der Waals surface area contributed by atoms with Gasteiger partial charge in [0.05, 0.1) is 11.6 Å². The third-order valence-corrected chi connectivity index (χ3v) is 6.23. The SMILES string of the molecule is O=Cc1ccccc1Oc1ccccc1CCC(=O)N1CCN(C(=O)O)CC1Cc1ccccc1. The first-order valence-electron chi connectivity index (χ1n) is 11.7. The Bertz CT molecular complexity index is 1180. The van der Waals surface area contributed by atoms with Gasteiger partial charge in [-0.2, -0.15) is 0 Å². The maximum absolute atomic E-state index is 13.3. The molecule has 7 nitrogen and oxygen atoms in total. The Kier molecular flexibility index (Phi) is 7.77. The molecule has 3 aromatic rings. The van der Waals surface area contributed by atoms with Crippen LogP contribution in [0.4, 0.5) is 4.79 Å². The number of para-hydroxylation sites is 2. The summed E-state index contributed by atoms with van der Waals surface area (Å²) in [4.78, 5) is 39.4. The van der Waals surface area contributed by atoms with E-state index in [1.807, 2.05) is 59.5 Å². The number of amides is 2. The number of aryl methyl sites for hydroxylation is 1. The summed E-state index contributed by atoms with van der Waals surface area (Å²) in [6.07, 6.45) is 1.13. The molecule has 0 bridgehead atoms. The van der Waals surface area contributed by atoms with Crippen LogP contribution in [0.3, 0.4) is 0 Å². The average molecular weight is 473 g/mol. The molecule has 0 spiro atoms. The Morgan fingerprint density at radius 3 is 2.34 bits per heavy atom. The fourth-order valence-corrected chi connectivity index (χ4v) is 4.40. The minimum atomic E-state index is -0.961. The third-order valence-electron chi connectivity index (χ3n) is 6.23.